The normalized spacial score (nSPS) is 12.2. The molecule has 1 aromatic rings. The molecule has 0 radical (unpaired) electrons. The van der Waals surface area contributed by atoms with Crippen molar-refractivity contribution in [3.8, 4) is 5.75 Å². The lowest BCUT2D eigenvalue weighted by Gasteiger charge is -2.13. The molecule has 1 atom stereocenters. The number of nitrogens with one attached hydrogen (secondary N) is 1. The fourth-order valence-corrected chi connectivity index (χ4v) is 1.78. The molecule has 0 bridgehead atoms. The highest BCUT2D eigenvalue weighted by molar-refractivity contribution is 5.90. The second-order valence-corrected chi connectivity index (χ2v) is 5.52. The Kier molecular flexibility index (Phi) is 7.88. The van der Waals surface area contributed by atoms with Gasteiger partial charge in [-0.15, -0.1) is 0 Å². The number of amides is 1. The maximum Gasteiger partial charge on any atom is 0.331 e. The molecule has 23 heavy (non-hydrogen) atoms. The molecule has 1 N–H and O–H groups in total. The summed E-state index contributed by atoms with van der Waals surface area (Å²) in [5.41, 5.74) is 0.781. The summed E-state index contributed by atoms with van der Waals surface area (Å²) in [4.78, 5) is 23.6. The number of carbonyl (C=O) groups is 2. The quantitative estimate of drug-likeness (QED) is 0.591. The molecule has 0 aliphatic carbocycles. The summed E-state index contributed by atoms with van der Waals surface area (Å²) in [5, 5.41) is 2.73. The molecular weight excluding hydrogens is 294 g/mol. The maximum atomic E-state index is 11.8. The van der Waals surface area contributed by atoms with Gasteiger partial charge >= 0.3 is 5.97 Å². The van der Waals surface area contributed by atoms with E-state index in [4.69, 9.17) is 9.47 Å². The number of hydrogen-bond donors (Lipinski definition) is 1. The number of hydrogen-bond acceptors (Lipinski definition) is 4. The highest BCUT2D eigenvalue weighted by Gasteiger charge is 2.16. The van der Waals surface area contributed by atoms with Crippen LogP contribution in [0.15, 0.2) is 30.3 Å². The Morgan fingerprint density at radius 3 is 2.57 bits per heavy atom. The van der Waals surface area contributed by atoms with E-state index in [9.17, 15) is 9.59 Å². The molecule has 0 heterocycles. The predicted molar refractivity (Wildman–Crippen MR) is 90.0 cm³/mol. The number of esters is 1. The van der Waals surface area contributed by atoms with Crippen LogP contribution in [0.25, 0.3) is 6.08 Å². The molecule has 0 aliphatic rings. The smallest absolute Gasteiger partial charge is 0.331 e. The molecule has 1 amide bonds. The van der Waals surface area contributed by atoms with E-state index in [0.717, 1.165) is 5.56 Å². The van der Waals surface area contributed by atoms with Crippen LogP contribution < -0.4 is 10.1 Å². The molecule has 126 valence electrons. The van der Waals surface area contributed by atoms with E-state index in [-0.39, 0.29) is 5.91 Å². The minimum absolute atomic E-state index is 0.296. The average Bonchev–Trinajstić information content (AvgIpc) is 2.51. The Bertz CT molecular complexity index is 552. The van der Waals surface area contributed by atoms with Crippen molar-refractivity contribution in [1.29, 1.82) is 0 Å². The topological polar surface area (TPSA) is 64.6 Å². The van der Waals surface area contributed by atoms with Crippen molar-refractivity contribution in [2.75, 3.05) is 13.2 Å². The van der Waals surface area contributed by atoms with Gasteiger partial charge in [0.2, 0.25) is 0 Å². The van der Waals surface area contributed by atoms with Crippen LogP contribution in [0.1, 0.15) is 33.3 Å². The van der Waals surface area contributed by atoms with E-state index in [0.29, 0.717) is 24.8 Å². The highest BCUT2D eigenvalue weighted by atomic mass is 16.5. The van der Waals surface area contributed by atoms with Crippen LogP contribution in [0.3, 0.4) is 0 Å². The zero-order valence-corrected chi connectivity index (χ0v) is 14.2. The zero-order valence-electron chi connectivity index (χ0n) is 14.2. The van der Waals surface area contributed by atoms with Gasteiger partial charge in [0.1, 0.15) is 5.75 Å². The molecule has 5 heteroatoms. The summed E-state index contributed by atoms with van der Waals surface area (Å²) in [6, 6.07) is 7.39. The maximum absolute atomic E-state index is 11.8. The third kappa shape index (κ3) is 7.00. The van der Waals surface area contributed by atoms with Gasteiger partial charge in [-0.1, -0.05) is 32.0 Å². The van der Waals surface area contributed by atoms with Crippen molar-refractivity contribution in [2.45, 2.75) is 33.8 Å². The van der Waals surface area contributed by atoms with Gasteiger partial charge in [-0.05, 0) is 31.9 Å². The number of rotatable bonds is 8. The van der Waals surface area contributed by atoms with Crippen molar-refractivity contribution < 1.29 is 19.1 Å². The summed E-state index contributed by atoms with van der Waals surface area (Å²) in [6.45, 7) is 8.54. The Labute approximate surface area is 137 Å². The predicted octanol–water partition coefficient (Wildman–Crippen LogP) is 2.80. The van der Waals surface area contributed by atoms with Gasteiger partial charge in [-0.3, -0.25) is 4.79 Å². The first-order valence-corrected chi connectivity index (χ1v) is 7.82. The monoisotopic (exact) mass is 319 g/mol. The largest absolute Gasteiger partial charge is 0.493 e. The minimum atomic E-state index is -0.826. The first kappa shape index (κ1) is 18.7. The summed E-state index contributed by atoms with van der Waals surface area (Å²) >= 11 is 0. The van der Waals surface area contributed by atoms with Crippen LogP contribution >= 0.6 is 0 Å². The molecule has 0 spiro atoms. The molecule has 0 saturated carbocycles. The molecule has 1 aromatic carbocycles. The van der Waals surface area contributed by atoms with Gasteiger partial charge in [-0.25, -0.2) is 4.79 Å². The molecule has 0 saturated heterocycles. The molecule has 1 rings (SSSR count). The van der Waals surface area contributed by atoms with Gasteiger partial charge in [0, 0.05) is 18.2 Å². The van der Waals surface area contributed by atoms with Crippen LogP contribution in [0.4, 0.5) is 0 Å². The molecule has 0 fully saturated rings. The lowest BCUT2D eigenvalue weighted by Crippen LogP contribution is -2.37. The Morgan fingerprint density at radius 2 is 1.91 bits per heavy atom. The van der Waals surface area contributed by atoms with E-state index in [1.165, 1.54) is 6.08 Å². The minimum Gasteiger partial charge on any atom is -0.493 e. The standard InChI is InChI=1S/C18H25NO4/c1-5-22-16-9-7-6-8-15(16)10-11-17(20)23-14(4)18(21)19-12-13(2)3/h6-11,13-14H,5,12H2,1-4H3,(H,19,21)/b11-10+/t14-/m1/s1. The third-order valence-electron chi connectivity index (χ3n) is 2.96. The molecule has 0 aliphatic heterocycles. The van der Waals surface area contributed by atoms with Gasteiger partial charge in [0.15, 0.2) is 6.10 Å². The van der Waals surface area contributed by atoms with Crippen molar-refractivity contribution in [3.63, 3.8) is 0 Å². The Balaban J connectivity index is 2.57. The van der Waals surface area contributed by atoms with Crippen molar-refractivity contribution in [2.24, 2.45) is 5.92 Å². The first-order chi connectivity index (χ1) is 10.9. The SMILES string of the molecule is CCOc1ccccc1/C=C/C(=O)O[C@H](C)C(=O)NCC(C)C. The number of benzene rings is 1. The summed E-state index contributed by atoms with van der Waals surface area (Å²) in [5.74, 6) is 0.178. The average molecular weight is 319 g/mol. The molecule has 0 aromatic heterocycles. The van der Waals surface area contributed by atoms with Crippen LogP contribution in [0, 0.1) is 5.92 Å². The molecular formula is C18H25NO4. The molecule has 0 unspecified atom stereocenters. The second-order valence-electron chi connectivity index (χ2n) is 5.52. The zero-order chi connectivity index (χ0) is 17.2. The summed E-state index contributed by atoms with van der Waals surface area (Å²) in [7, 11) is 0. The number of carbonyl (C=O) groups excluding carboxylic acids is 2. The lowest BCUT2D eigenvalue weighted by atomic mass is 10.2. The van der Waals surface area contributed by atoms with E-state index >= 15 is 0 Å². The van der Waals surface area contributed by atoms with E-state index in [1.807, 2.05) is 45.0 Å². The van der Waals surface area contributed by atoms with Crippen LogP contribution in [0.5, 0.6) is 5.75 Å². The summed E-state index contributed by atoms with van der Waals surface area (Å²) < 4.78 is 10.6. The van der Waals surface area contributed by atoms with E-state index in [2.05, 4.69) is 5.32 Å². The highest BCUT2D eigenvalue weighted by Crippen LogP contribution is 2.19. The van der Waals surface area contributed by atoms with E-state index < -0.39 is 12.1 Å². The van der Waals surface area contributed by atoms with Crippen molar-refractivity contribution in [1.82, 2.24) is 5.32 Å². The summed E-state index contributed by atoms with van der Waals surface area (Å²) in [6.07, 6.45) is 2.09. The van der Waals surface area contributed by atoms with Crippen LogP contribution in [-0.4, -0.2) is 31.1 Å². The number of para-hydroxylation sites is 1. The third-order valence-corrected chi connectivity index (χ3v) is 2.96. The fourth-order valence-electron chi connectivity index (χ4n) is 1.78. The van der Waals surface area contributed by atoms with Gasteiger partial charge in [0.25, 0.3) is 5.91 Å². The van der Waals surface area contributed by atoms with Crippen LogP contribution in [0.2, 0.25) is 0 Å². The van der Waals surface area contributed by atoms with Crippen molar-refractivity contribution in [3.05, 3.63) is 35.9 Å². The molecule has 5 nitrogen and oxygen atoms in total. The first-order valence-electron chi connectivity index (χ1n) is 7.82. The van der Waals surface area contributed by atoms with E-state index in [1.54, 1.807) is 13.0 Å². The van der Waals surface area contributed by atoms with Gasteiger partial charge < -0.3 is 14.8 Å². The fraction of sp³-hybridized carbons (Fsp3) is 0.444. The van der Waals surface area contributed by atoms with Crippen molar-refractivity contribution >= 4 is 18.0 Å². The van der Waals surface area contributed by atoms with Gasteiger partial charge in [0.05, 0.1) is 6.61 Å². The Morgan fingerprint density at radius 1 is 1.22 bits per heavy atom. The Hall–Kier alpha value is -2.30. The van der Waals surface area contributed by atoms with Gasteiger partial charge in [-0.2, -0.15) is 0 Å². The number of ether oxygens (including phenoxy) is 2. The van der Waals surface area contributed by atoms with Crippen LogP contribution in [-0.2, 0) is 14.3 Å². The second kappa shape index (κ2) is 9.66. The lowest BCUT2D eigenvalue weighted by molar-refractivity contribution is -0.150.